The number of ketones is 1. The van der Waals surface area contributed by atoms with Gasteiger partial charge in [-0.3, -0.25) is 4.79 Å². The molecule has 0 saturated heterocycles. The summed E-state index contributed by atoms with van der Waals surface area (Å²) in [7, 11) is 0. The van der Waals surface area contributed by atoms with E-state index in [1.807, 2.05) is 49.4 Å². The number of benzene rings is 3. The third-order valence-corrected chi connectivity index (χ3v) is 5.84. The monoisotopic (exact) mass is 483 g/mol. The largest absolute Gasteiger partial charge is 0.369 e. The highest BCUT2D eigenvalue weighted by molar-refractivity contribution is 6.30. The molecule has 1 aromatic heterocycles. The van der Waals surface area contributed by atoms with Crippen LogP contribution in [0, 0.1) is 18.3 Å². The number of aryl methyl sites for hydroxylation is 1. The minimum atomic E-state index is -0.290. The number of nitrogens with zero attached hydrogens (tertiary/aromatic N) is 3. The van der Waals surface area contributed by atoms with Crippen LogP contribution in [0.25, 0.3) is 5.69 Å². The van der Waals surface area contributed by atoms with Crippen molar-refractivity contribution in [3.63, 3.8) is 0 Å². The van der Waals surface area contributed by atoms with Crippen molar-refractivity contribution in [2.75, 3.05) is 18.4 Å². The van der Waals surface area contributed by atoms with Gasteiger partial charge in [-0.2, -0.15) is 10.4 Å². The SMILES string of the molecule is Cc1ccc(C(=O)c2nn(-c3ccc(Cl)cc3)c(NCCCNCc3ccccc3)c2C#N)cc1. The Morgan fingerprint density at radius 1 is 1.00 bits per heavy atom. The van der Waals surface area contributed by atoms with Gasteiger partial charge in [0.15, 0.2) is 5.69 Å². The fourth-order valence-corrected chi connectivity index (χ4v) is 3.83. The van der Waals surface area contributed by atoms with Gasteiger partial charge in [0.05, 0.1) is 5.69 Å². The summed E-state index contributed by atoms with van der Waals surface area (Å²) in [5, 5.41) is 21.9. The van der Waals surface area contributed by atoms with E-state index in [1.54, 1.807) is 28.9 Å². The molecule has 4 rings (SSSR count). The second-order valence-corrected chi connectivity index (χ2v) is 8.65. The Labute approximate surface area is 210 Å². The molecule has 0 aliphatic heterocycles. The number of hydrogen-bond donors (Lipinski definition) is 2. The summed E-state index contributed by atoms with van der Waals surface area (Å²) in [5.74, 6) is 0.204. The van der Waals surface area contributed by atoms with E-state index in [2.05, 4.69) is 33.9 Å². The van der Waals surface area contributed by atoms with Gasteiger partial charge in [0.1, 0.15) is 17.5 Å². The molecule has 1 heterocycles. The van der Waals surface area contributed by atoms with Gasteiger partial charge in [0, 0.05) is 23.7 Å². The molecule has 7 heteroatoms. The summed E-state index contributed by atoms with van der Waals surface area (Å²) in [6.07, 6.45) is 0.824. The molecule has 0 radical (unpaired) electrons. The summed E-state index contributed by atoms with van der Waals surface area (Å²) in [6, 6.07) is 26.8. The van der Waals surface area contributed by atoms with Crippen LogP contribution in [0.4, 0.5) is 5.82 Å². The fraction of sp³-hybridized carbons (Fsp3) is 0.179. The lowest BCUT2D eigenvalue weighted by Gasteiger charge is -2.11. The lowest BCUT2D eigenvalue weighted by Crippen LogP contribution is -2.18. The number of hydrogen-bond acceptors (Lipinski definition) is 5. The van der Waals surface area contributed by atoms with E-state index in [0.717, 1.165) is 25.1 Å². The Morgan fingerprint density at radius 3 is 2.40 bits per heavy atom. The number of halogens is 1. The highest BCUT2D eigenvalue weighted by Crippen LogP contribution is 2.26. The van der Waals surface area contributed by atoms with Gasteiger partial charge in [-0.25, -0.2) is 4.68 Å². The molecule has 176 valence electrons. The van der Waals surface area contributed by atoms with E-state index >= 15 is 0 Å². The zero-order chi connectivity index (χ0) is 24.6. The molecule has 0 atom stereocenters. The third-order valence-electron chi connectivity index (χ3n) is 5.59. The molecule has 3 aromatic carbocycles. The van der Waals surface area contributed by atoms with Crippen molar-refractivity contribution in [2.24, 2.45) is 0 Å². The first-order valence-electron chi connectivity index (χ1n) is 11.5. The number of nitrogens with one attached hydrogen (secondary N) is 2. The van der Waals surface area contributed by atoms with Gasteiger partial charge in [-0.1, -0.05) is 71.8 Å². The van der Waals surface area contributed by atoms with Crippen LogP contribution < -0.4 is 10.6 Å². The molecule has 0 spiro atoms. The fourth-order valence-electron chi connectivity index (χ4n) is 3.71. The van der Waals surface area contributed by atoms with Crippen LogP contribution in [0.5, 0.6) is 0 Å². The van der Waals surface area contributed by atoms with Crippen molar-refractivity contribution in [1.29, 1.82) is 5.26 Å². The second-order valence-electron chi connectivity index (χ2n) is 8.21. The molecule has 0 fully saturated rings. The van der Waals surface area contributed by atoms with Crippen LogP contribution in [0.3, 0.4) is 0 Å². The number of anilines is 1. The molecule has 0 unspecified atom stereocenters. The van der Waals surface area contributed by atoms with E-state index in [4.69, 9.17) is 11.6 Å². The molecule has 4 aromatic rings. The van der Waals surface area contributed by atoms with Crippen LogP contribution in [0.2, 0.25) is 5.02 Å². The van der Waals surface area contributed by atoms with Crippen molar-refractivity contribution in [1.82, 2.24) is 15.1 Å². The molecule has 2 N–H and O–H groups in total. The Hall–Kier alpha value is -3.92. The van der Waals surface area contributed by atoms with Crippen LogP contribution in [0.15, 0.2) is 78.9 Å². The van der Waals surface area contributed by atoms with Gasteiger partial charge in [0.25, 0.3) is 0 Å². The average molecular weight is 484 g/mol. The highest BCUT2D eigenvalue weighted by Gasteiger charge is 2.25. The number of nitriles is 1. The van der Waals surface area contributed by atoms with E-state index in [0.29, 0.717) is 28.6 Å². The van der Waals surface area contributed by atoms with Gasteiger partial charge in [0.2, 0.25) is 5.78 Å². The van der Waals surface area contributed by atoms with Crippen molar-refractivity contribution < 1.29 is 4.79 Å². The lowest BCUT2D eigenvalue weighted by atomic mass is 10.0. The van der Waals surface area contributed by atoms with Crippen LogP contribution in [-0.2, 0) is 6.54 Å². The second kappa shape index (κ2) is 11.5. The number of carbonyl (C=O) groups excluding carboxylic acids is 1. The molecule has 0 bridgehead atoms. The van der Waals surface area contributed by atoms with Crippen LogP contribution in [0.1, 0.15) is 39.2 Å². The zero-order valence-corrected chi connectivity index (χ0v) is 20.2. The minimum Gasteiger partial charge on any atom is -0.369 e. The summed E-state index contributed by atoms with van der Waals surface area (Å²) in [5.41, 5.74) is 3.83. The first-order valence-corrected chi connectivity index (χ1v) is 11.8. The standard InChI is InChI=1S/C28H26ClN5O/c1-20-8-10-22(11-9-20)27(35)26-25(18-30)28(34(33-26)24-14-12-23(29)13-15-24)32-17-5-16-31-19-21-6-3-2-4-7-21/h2-4,6-15,31-32H,5,16-17,19H2,1H3. The maximum Gasteiger partial charge on any atom is 0.214 e. The number of carbonyl (C=O) groups is 1. The minimum absolute atomic E-state index is 0.121. The lowest BCUT2D eigenvalue weighted by molar-refractivity contribution is 0.103. The van der Waals surface area contributed by atoms with Gasteiger partial charge in [-0.15, -0.1) is 0 Å². The summed E-state index contributed by atoms with van der Waals surface area (Å²) >= 11 is 6.06. The first-order chi connectivity index (χ1) is 17.1. The van der Waals surface area contributed by atoms with Gasteiger partial charge < -0.3 is 10.6 Å². The molecule has 0 aliphatic carbocycles. The van der Waals surface area contributed by atoms with E-state index in [1.165, 1.54) is 5.56 Å². The predicted molar refractivity (Wildman–Crippen MR) is 139 cm³/mol. The Balaban J connectivity index is 1.54. The van der Waals surface area contributed by atoms with Gasteiger partial charge >= 0.3 is 0 Å². The normalized spacial score (nSPS) is 10.7. The Kier molecular flexibility index (Phi) is 7.94. The van der Waals surface area contributed by atoms with E-state index in [9.17, 15) is 10.1 Å². The number of aromatic nitrogens is 2. The maximum absolute atomic E-state index is 13.3. The highest BCUT2D eigenvalue weighted by atomic mass is 35.5. The predicted octanol–water partition coefficient (Wildman–Crippen LogP) is 5.53. The average Bonchev–Trinajstić information content (AvgIpc) is 3.25. The molecule has 0 saturated carbocycles. The van der Waals surface area contributed by atoms with Crippen LogP contribution >= 0.6 is 11.6 Å². The quantitative estimate of drug-likeness (QED) is 0.229. The Bertz CT molecular complexity index is 1320. The third kappa shape index (κ3) is 5.96. The van der Waals surface area contributed by atoms with Crippen molar-refractivity contribution in [3.8, 4) is 11.8 Å². The number of rotatable bonds is 10. The van der Waals surface area contributed by atoms with Crippen molar-refractivity contribution in [3.05, 3.63) is 112 Å². The molecule has 35 heavy (non-hydrogen) atoms. The molecule has 0 aliphatic rings. The summed E-state index contributed by atoms with van der Waals surface area (Å²) < 4.78 is 1.60. The Morgan fingerprint density at radius 2 is 1.71 bits per heavy atom. The molecular weight excluding hydrogens is 458 g/mol. The van der Waals surface area contributed by atoms with Gasteiger partial charge in [-0.05, 0) is 49.7 Å². The molecule has 6 nitrogen and oxygen atoms in total. The summed E-state index contributed by atoms with van der Waals surface area (Å²) in [6.45, 7) is 4.16. The molecular formula is C28H26ClN5O. The van der Waals surface area contributed by atoms with Crippen molar-refractivity contribution in [2.45, 2.75) is 19.9 Å². The van der Waals surface area contributed by atoms with E-state index < -0.39 is 0 Å². The van der Waals surface area contributed by atoms with Crippen molar-refractivity contribution >= 4 is 23.2 Å². The smallest absolute Gasteiger partial charge is 0.214 e. The topological polar surface area (TPSA) is 82.7 Å². The summed E-state index contributed by atoms with van der Waals surface area (Å²) in [4.78, 5) is 13.3. The van der Waals surface area contributed by atoms with Crippen LogP contribution in [-0.4, -0.2) is 28.7 Å². The molecule has 0 amide bonds. The zero-order valence-electron chi connectivity index (χ0n) is 19.5. The van der Waals surface area contributed by atoms with E-state index in [-0.39, 0.29) is 17.0 Å². The first kappa shape index (κ1) is 24.2. The maximum atomic E-state index is 13.3.